The fourth-order valence-corrected chi connectivity index (χ4v) is 5.44. The molecule has 3 amide bonds. The predicted molar refractivity (Wildman–Crippen MR) is 139 cm³/mol. The topological polar surface area (TPSA) is 76.2 Å². The van der Waals surface area contributed by atoms with Crippen LogP contribution in [0.15, 0.2) is 59.1 Å². The van der Waals surface area contributed by atoms with Gasteiger partial charge in [-0.3, -0.25) is 4.79 Å². The van der Waals surface area contributed by atoms with E-state index in [-0.39, 0.29) is 30.6 Å². The van der Waals surface area contributed by atoms with Gasteiger partial charge in [0.2, 0.25) is 5.91 Å². The molecule has 2 heterocycles. The van der Waals surface area contributed by atoms with E-state index in [1.807, 2.05) is 61.5 Å². The Bertz CT molecular complexity index is 1060. The van der Waals surface area contributed by atoms with E-state index in [4.69, 9.17) is 9.47 Å². The van der Waals surface area contributed by atoms with Gasteiger partial charge in [-0.15, -0.1) is 0 Å². The molecule has 2 aliphatic heterocycles. The maximum Gasteiger partial charge on any atom is 0.416 e. The normalized spacial score (nSPS) is 20.3. The van der Waals surface area contributed by atoms with E-state index in [0.717, 1.165) is 28.4 Å². The number of halogens is 1. The van der Waals surface area contributed by atoms with Gasteiger partial charge in [0.05, 0.1) is 12.6 Å². The number of carbonyl (C=O) groups is 3. The number of amides is 3. The molecule has 7 nitrogen and oxygen atoms in total. The molecule has 2 aromatic carbocycles. The molecule has 8 heteroatoms. The molecule has 192 valence electrons. The third-order valence-electron chi connectivity index (χ3n) is 6.95. The van der Waals surface area contributed by atoms with Gasteiger partial charge >= 0.3 is 12.2 Å². The Kier molecular flexibility index (Phi) is 9.02. The van der Waals surface area contributed by atoms with Crippen LogP contribution in [0.4, 0.5) is 9.59 Å². The number of carbonyl (C=O) groups excluding carboxylic acids is 3. The second kappa shape index (κ2) is 12.4. The lowest BCUT2D eigenvalue weighted by molar-refractivity contribution is -0.135. The maximum absolute atomic E-state index is 14.0. The van der Waals surface area contributed by atoms with Crippen molar-refractivity contribution < 1.29 is 23.9 Å². The van der Waals surface area contributed by atoms with Crippen molar-refractivity contribution in [1.29, 1.82) is 0 Å². The minimum Gasteiger partial charge on any atom is -0.449 e. The van der Waals surface area contributed by atoms with Crippen molar-refractivity contribution in [2.24, 2.45) is 11.8 Å². The fourth-order valence-electron chi connectivity index (χ4n) is 5.00. The summed E-state index contributed by atoms with van der Waals surface area (Å²) in [4.78, 5) is 42.3. The molecule has 0 radical (unpaired) electrons. The maximum atomic E-state index is 14.0. The lowest BCUT2D eigenvalue weighted by Gasteiger charge is -2.29. The lowest BCUT2D eigenvalue weighted by atomic mass is 9.84. The SMILES string of the molecule is CCCCOC(=O)N1CC[C@H]([C@H](Cc2cccc(Br)c2)C(=O)N2C(=O)OC[C@@H]2Cc2ccccc2)C1. The molecule has 2 aromatic rings. The van der Waals surface area contributed by atoms with E-state index >= 15 is 0 Å². The number of nitrogens with zero attached hydrogens (tertiary/aromatic N) is 2. The predicted octanol–water partition coefficient (Wildman–Crippen LogP) is 5.46. The molecule has 0 spiro atoms. The molecule has 0 N–H and O–H groups in total. The number of benzene rings is 2. The summed E-state index contributed by atoms with van der Waals surface area (Å²) in [6, 6.07) is 17.3. The van der Waals surface area contributed by atoms with Gasteiger partial charge in [0.1, 0.15) is 6.61 Å². The molecular formula is C28H33BrN2O5. The van der Waals surface area contributed by atoms with Crippen LogP contribution in [-0.4, -0.2) is 60.2 Å². The highest BCUT2D eigenvalue weighted by atomic mass is 79.9. The Balaban J connectivity index is 1.53. The van der Waals surface area contributed by atoms with Crippen LogP contribution in [-0.2, 0) is 27.1 Å². The molecule has 0 aliphatic carbocycles. The van der Waals surface area contributed by atoms with E-state index in [1.54, 1.807) is 4.90 Å². The Morgan fingerprint density at radius 1 is 1.14 bits per heavy atom. The molecule has 3 atom stereocenters. The van der Waals surface area contributed by atoms with Crippen LogP contribution in [0.5, 0.6) is 0 Å². The molecule has 0 saturated carbocycles. The summed E-state index contributed by atoms with van der Waals surface area (Å²) < 4.78 is 11.7. The van der Waals surface area contributed by atoms with Crippen molar-refractivity contribution in [3.63, 3.8) is 0 Å². The first-order chi connectivity index (χ1) is 17.5. The zero-order valence-corrected chi connectivity index (χ0v) is 22.2. The molecule has 2 saturated heterocycles. The van der Waals surface area contributed by atoms with E-state index in [0.29, 0.717) is 39.0 Å². The van der Waals surface area contributed by atoms with Crippen LogP contribution in [0, 0.1) is 11.8 Å². The second-order valence-electron chi connectivity index (χ2n) is 9.53. The number of likely N-dealkylation sites (tertiary alicyclic amines) is 1. The Labute approximate surface area is 220 Å². The van der Waals surface area contributed by atoms with Crippen molar-refractivity contribution in [2.45, 2.75) is 45.1 Å². The number of imide groups is 1. The molecule has 36 heavy (non-hydrogen) atoms. The van der Waals surface area contributed by atoms with Crippen molar-refractivity contribution in [3.8, 4) is 0 Å². The number of unbranched alkanes of at least 4 members (excludes halogenated alkanes) is 1. The van der Waals surface area contributed by atoms with Crippen molar-refractivity contribution in [3.05, 3.63) is 70.2 Å². The minimum atomic E-state index is -0.589. The molecule has 2 fully saturated rings. The number of hydrogen-bond donors (Lipinski definition) is 0. The number of hydrogen-bond acceptors (Lipinski definition) is 5. The summed E-state index contributed by atoms with van der Waals surface area (Å²) in [7, 11) is 0. The summed E-state index contributed by atoms with van der Waals surface area (Å²) in [6.45, 7) is 3.60. The van der Waals surface area contributed by atoms with Crippen LogP contribution < -0.4 is 0 Å². The fraction of sp³-hybridized carbons (Fsp3) is 0.464. The molecule has 4 rings (SSSR count). The Hall–Kier alpha value is -2.87. The minimum absolute atomic E-state index is 0.0824. The summed E-state index contributed by atoms with van der Waals surface area (Å²) in [5.74, 6) is -0.776. The first-order valence-corrected chi connectivity index (χ1v) is 13.5. The third-order valence-corrected chi connectivity index (χ3v) is 7.44. The Morgan fingerprint density at radius 3 is 2.67 bits per heavy atom. The lowest BCUT2D eigenvalue weighted by Crippen LogP contribution is -2.46. The number of ether oxygens (including phenoxy) is 2. The molecular weight excluding hydrogens is 524 g/mol. The third kappa shape index (κ3) is 6.46. The number of cyclic esters (lactones) is 1. The van der Waals surface area contributed by atoms with Crippen LogP contribution in [0.25, 0.3) is 0 Å². The van der Waals surface area contributed by atoms with E-state index in [2.05, 4.69) is 15.9 Å². The summed E-state index contributed by atoms with van der Waals surface area (Å²) in [6.07, 6.45) is 2.56. The summed E-state index contributed by atoms with van der Waals surface area (Å²) >= 11 is 3.51. The van der Waals surface area contributed by atoms with Crippen molar-refractivity contribution in [2.75, 3.05) is 26.3 Å². The molecule has 0 unspecified atom stereocenters. The zero-order chi connectivity index (χ0) is 25.5. The van der Waals surface area contributed by atoms with Crippen LogP contribution in [0.3, 0.4) is 0 Å². The molecule has 2 aliphatic rings. The Morgan fingerprint density at radius 2 is 1.92 bits per heavy atom. The molecule has 0 bridgehead atoms. The van der Waals surface area contributed by atoms with Gasteiger partial charge in [-0.2, -0.15) is 0 Å². The smallest absolute Gasteiger partial charge is 0.416 e. The zero-order valence-electron chi connectivity index (χ0n) is 20.6. The largest absolute Gasteiger partial charge is 0.449 e. The summed E-state index contributed by atoms with van der Waals surface area (Å²) in [5.41, 5.74) is 2.04. The van der Waals surface area contributed by atoms with Crippen LogP contribution >= 0.6 is 15.9 Å². The van der Waals surface area contributed by atoms with Gasteiger partial charge in [-0.1, -0.05) is 71.7 Å². The van der Waals surface area contributed by atoms with Gasteiger partial charge in [-0.25, -0.2) is 14.5 Å². The first-order valence-electron chi connectivity index (χ1n) is 12.7. The van der Waals surface area contributed by atoms with Gasteiger partial charge in [0.15, 0.2) is 0 Å². The van der Waals surface area contributed by atoms with Gasteiger partial charge < -0.3 is 14.4 Å². The average molecular weight is 557 g/mol. The van der Waals surface area contributed by atoms with Gasteiger partial charge in [0.25, 0.3) is 0 Å². The second-order valence-corrected chi connectivity index (χ2v) is 10.4. The quantitative estimate of drug-likeness (QED) is 0.383. The van der Waals surface area contributed by atoms with Crippen LogP contribution in [0.1, 0.15) is 37.3 Å². The number of rotatable bonds is 9. The summed E-state index contributed by atoms with van der Waals surface area (Å²) in [5, 5.41) is 0. The average Bonchev–Trinajstić information content (AvgIpc) is 3.50. The van der Waals surface area contributed by atoms with E-state index in [9.17, 15) is 14.4 Å². The van der Waals surface area contributed by atoms with Crippen molar-refractivity contribution >= 4 is 34.0 Å². The van der Waals surface area contributed by atoms with E-state index < -0.39 is 12.0 Å². The molecule has 0 aromatic heterocycles. The van der Waals surface area contributed by atoms with Crippen molar-refractivity contribution in [1.82, 2.24) is 9.80 Å². The van der Waals surface area contributed by atoms with Crippen LogP contribution in [0.2, 0.25) is 0 Å². The highest BCUT2D eigenvalue weighted by Crippen LogP contribution is 2.32. The van der Waals surface area contributed by atoms with Gasteiger partial charge in [-0.05, 0) is 54.9 Å². The highest BCUT2D eigenvalue weighted by molar-refractivity contribution is 9.10. The monoisotopic (exact) mass is 556 g/mol. The first kappa shape index (κ1) is 26.2. The van der Waals surface area contributed by atoms with E-state index in [1.165, 1.54) is 4.90 Å². The standard InChI is InChI=1S/C28H33BrN2O5/c1-2-3-14-35-27(33)30-13-12-22(18-30)25(17-21-10-7-11-23(29)15-21)26(32)31-24(19-36-28(31)34)16-20-8-5-4-6-9-20/h4-11,15,22,24-25H,2-3,12-14,16-19H2,1H3/t22-,24-,25-/m0/s1. The highest BCUT2D eigenvalue weighted by Gasteiger charge is 2.44. The van der Waals surface area contributed by atoms with Gasteiger partial charge in [0, 0.05) is 23.5 Å².